The fraction of sp³-hybridized carbons (Fsp3) is 0.429. The van der Waals surface area contributed by atoms with Gasteiger partial charge in [0.15, 0.2) is 12.2 Å². The van der Waals surface area contributed by atoms with Gasteiger partial charge in [0.25, 0.3) is 0 Å². The van der Waals surface area contributed by atoms with Gasteiger partial charge in [-0.2, -0.15) is 0 Å². The molecule has 2 atom stereocenters. The van der Waals surface area contributed by atoms with Crippen LogP contribution in [0.4, 0.5) is 0 Å². The Morgan fingerprint density at radius 2 is 2.38 bits per heavy atom. The average molecular weight is 328 g/mol. The number of carbonyl (C=O) groups excluding carboxylic acids is 1. The molecule has 0 spiro atoms. The SMILES string of the molecule is C[C@H](OC(=O)[C@H]1COCCO1)c1nc2cc(Cl)ccc2s1. The molecule has 0 bridgehead atoms. The summed E-state index contributed by atoms with van der Waals surface area (Å²) >= 11 is 7.43. The van der Waals surface area contributed by atoms with Gasteiger partial charge in [-0.1, -0.05) is 11.6 Å². The molecule has 0 N–H and O–H groups in total. The van der Waals surface area contributed by atoms with Crippen LogP contribution in [0.25, 0.3) is 10.2 Å². The summed E-state index contributed by atoms with van der Waals surface area (Å²) in [5, 5.41) is 1.37. The highest BCUT2D eigenvalue weighted by Crippen LogP contribution is 2.30. The number of hydrogen-bond acceptors (Lipinski definition) is 6. The van der Waals surface area contributed by atoms with Crippen LogP contribution in [0.3, 0.4) is 0 Å². The Labute approximate surface area is 130 Å². The number of carbonyl (C=O) groups is 1. The zero-order valence-corrected chi connectivity index (χ0v) is 12.9. The zero-order valence-electron chi connectivity index (χ0n) is 11.4. The normalized spacial score (nSPS) is 20.4. The van der Waals surface area contributed by atoms with E-state index in [0.29, 0.717) is 18.2 Å². The Morgan fingerprint density at radius 3 is 3.14 bits per heavy atom. The molecule has 1 saturated heterocycles. The molecule has 1 aromatic heterocycles. The minimum absolute atomic E-state index is 0.237. The van der Waals surface area contributed by atoms with Crippen LogP contribution in [0, 0.1) is 0 Å². The van der Waals surface area contributed by atoms with E-state index in [4.69, 9.17) is 25.8 Å². The lowest BCUT2D eigenvalue weighted by atomic mass is 10.3. The van der Waals surface area contributed by atoms with Crippen molar-refractivity contribution in [1.29, 1.82) is 0 Å². The molecule has 0 radical (unpaired) electrons. The van der Waals surface area contributed by atoms with Crippen LogP contribution >= 0.6 is 22.9 Å². The van der Waals surface area contributed by atoms with Crippen molar-refractivity contribution in [2.75, 3.05) is 19.8 Å². The van der Waals surface area contributed by atoms with Crippen LogP contribution in [0.5, 0.6) is 0 Å². The average Bonchev–Trinajstić information content (AvgIpc) is 2.91. The van der Waals surface area contributed by atoms with Crippen molar-refractivity contribution in [3.8, 4) is 0 Å². The van der Waals surface area contributed by atoms with Gasteiger partial charge in [-0.15, -0.1) is 11.3 Å². The summed E-state index contributed by atoms with van der Waals surface area (Å²) in [6, 6.07) is 5.52. The second kappa shape index (κ2) is 6.27. The summed E-state index contributed by atoms with van der Waals surface area (Å²) in [6.07, 6.45) is -1.08. The third-order valence-electron chi connectivity index (χ3n) is 3.09. The molecule has 1 aliphatic heterocycles. The lowest BCUT2D eigenvalue weighted by Crippen LogP contribution is -2.37. The standard InChI is InChI=1S/C14H14ClNO4S/c1-8(20-14(17)11-7-18-4-5-19-11)13-16-10-6-9(15)2-3-12(10)21-13/h2-3,6,8,11H,4-5,7H2,1H3/t8-,11+/m0/s1. The molecule has 0 amide bonds. The molecule has 0 saturated carbocycles. The van der Waals surface area contributed by atoms with Gasteiger partial charge in [0.2, 0.25) is 0 Å². The number of fused-ring (bicyclic) bond motifs is 1. The van der Waals surface area contributed by atoms with Crippen molar-refractivity contribution in [1.82, 2.24) is 4.98 Å². The maximum atomic E-state index is 12.0. The fourth-order valence-electron chi connectivity index (χ4n) is 2.02. The summed E-state index contributed by atoms with van der Waals surface area (Å²) in [5.74, 6) is -0.417. The van der Waals surface area contributed by atoms with E-state index in [-0.39, 0.29) is 6.61 Å². The quantitative estimate of drug-likeness (QED) is 0.811. The van der Waals surface area contributed by atoms with E-state index in [1.54, 1.807) is 13.0 Å². The number of thiazole rings is 1. The lowest BCUT2D eigenvalue weighted by molar-refractivity contribution is -0.175. The first kappa shape index (κ1) is 14.7. The van der Waals surface area contributed by atoms with Gasteiger partial charge in [-0.25, -0.2) is 9.78 Å². The third-order valence-corrected chi connectivity index (χ3v) is 4.52. The van der Waals surface area contributed by atoms with Crippen LogP contribution in [0.1, 0.15) is 18.0 Å². The highest BCUT2D eigenvalue weighted by Gasteiger charge is 2.27. The van der Waals surface area contributed by atoms with E-state index in [2.05, 4.69) is 4.98 Å². The summed E-state index contributed by atoms with van der Waals surface area (Å²) in [4.78, 5) is 16.4. The van der Waals surface area contributed by atoms with Crippen LogP contribution < -0.4 is 0 Å². The van der Waals surface area contributed by atoms with E-state index in [1.165, 1.54) is 11.3 Å². The predicted octanol–water partition coefficient (Wildman–Crippen LogP) is 2.97. The van der Waals surface area contributed by atoms with Gasteiger partial charge >= 0.3 is 5.97 Å². The minimum atomic E-state index is -0.648. The fourth-order valence-corrected chi connectivity index (χ4v) is 3.11. The summed E-state index contributed by atoms with van der Waals surface area (Å²) in [5.41, 5.74) is 0.808. The van der Waals surface area contributed by atoms with Crippen molar-refractivity contribution in [2.24, 2.45) is 0 Å². The van der Waals surface area contributed by atoms with Crippen molar-refractivity contribution in [3.05, 3.63) is 28.2 Å². The first-order chi connectivity index (χ1) is 10.1. The maximum absolute atomic E-state index is 12.0. The number of halogens is 1. The number of aromatic nitrogens is 1. The summed E-state index contributed by atoms with van der Waals surface area (Å²) in [6.45, 7) is 2.95. The molecule has 3 rings (SSSR count). The van der Waals surface area contributed by atoms with E-state index in [9.17, 15) is 4.79 Å². The minimum Gasteiger partial charge on any atom is -0.453 e. The van der Waals surface area contributed by atoms with Gasteiger partial charge in [0.05, 0.1) is 30.0 Å². The maximum Gasteiger partial charge on any atom is 0.338 e. The van der Waals surface area contributed by atoms with Gasteiger partial charge in [-0.3, -0.25) is 0 Å². The van der Waals surface area contributed by atoms with Crippen LogP contribution in [-0.4, -0.2) is 36.9 Å². The summed E-state index contributed by atoms with van der Waals surface area (Å²) in [7, 11) is 0. The van der Waals surface area contributed by atoms with Gasteiger partial charge < -0.3 is 14.2 Å². The van der Waals surface area contributed by atoms with Crippen LogP contribution in [-0.2, 0) is 19.0 Å². The van der Waals surface area contributed by atoms with E-state index in [0.717, 1.165) is 15.2 Å². The van der Waals surface area contributed by atoms with E-state index >= 15 is 0 Å². The number of esters is 1. The first-order valence-electron chi connectivity index (χ1n) is 6.59. The number of rotatable bonds is 3. The second-order valence-electron chi connectivity index (χ2n) is 4.68. The number of nitrogens with zero attached hydrogens (tertiary/aromatic N) is 1. The first-order valence-corrected chi connectivity index (χ1v) is 7.79. The Hall–Kier alpha value is -1.21. The molecule has 112 valence electrons. The van der Waals surface area contributed by atoms with Crippen molar-refractivity contribution in [3.63, 3.8) is 0 Å². The van der Waals surface area contributed by atoms with Crippen molar-refractivity contribution >= 4 is 39.1 Å². The highest BCUT2D eigenvalue weighted by atomic mass is 35.5. The monoisotopic (exact) mass is 327 g/mol. The van der Waals surface area contributed by atoms with Crippen LogP contribution in [0.2, 0.25) is 5.02 Å². The van der Waals surface area contributed by atoms with Gasteiger partial charge in [0.1, 0.15) is 5.01 Å². The van der Waals surface area contributed by atoms with Crippen LogP contribution in [0.15, 0.2) is 18.2 Å². The van der Waals surface area contributed by atoms with Gasteiger partial charge in [-0.05, 0) is 25.1 Å². The zero-order chi connectivity index (χ0) is 14.8. The lowest BCUT2D eigenvalue weighted by Gasteiger charge is -2.22. The molecule has 1 fully saturated rings. The smallest absolute Gasteiger partial charge is 0.338 e. The second-order valence-corrected chi connectivity index (χ2v) is 6.18. The molecular weight excluding hydrogens is 314 g/mol. The molecule has 1 aromatic carbocycles. The molecule has 21 heavy (non-hydrogen) atoms. The molecular formula is C14H14ClNO4S. The topological polar surface area (TPSA) is 57.7 Å². The molecule has 1 aliphatic rings. The molecule has 2 aromatic rings. The summed E-state index contributed by atoms with van der Waals surface area (Å²) < 4.78 is 16.9. The molecule has 2 heterocycles. The van der Waals surface area contributed by atoms with Gasteiger partial charge in [0, 0.05) is 5.02 Å². The van der Waals surface area contributed by atoms with Crippen molar-refractivity contribution in [2.45, 2.75) is 19.1 Å². The number of ether oxygens (including phenoxy) is 3. The van der Waals surface area contributed by atoms with E-state index in [1.807, 2.05) is 12.1 Å². The number of benzene rings is 1. The van der Waals surface area contributed by atoms with E-state index < -0.39 is 18.2 Å². The molecule has 5 nitrogen and oxygen atoms in total. The number of hydrogen-bond donors (Lipinski definition) is 0. The molecule has 7 heteroatoms. The Kier molecular flexibility index (Phi) is 4.40. The molecule has 0 aliphatic carbocycles. The predicted molar refractivity (Wildman–Crippen MR) is 79.7 cm³/mol. The van der Waals surface area contributed by atoms with Crippen molar-refractivity contribution < 1.29 is 19.0 Å². The largest absolute Gasteiger partial charge is 0.453 e. The third kappa shape index (κ3) is 3.35. The highest BCUT2D eigenvalue weighted by molar-refractivity contribution is 7.18. The Bertz CT molecular complexity index is 653. The Morgan fingerprint density at radius 1 is 1.52 bits per heavy atom. The Balaban J connectivity index is 1.71. The molecule has 0 unspecified atom stereocenters.